The highest BCUT2D eigenvalue weighted by atomic mass is 16.3. The number of aliphatic hydroxyl groups is 1. The highest BCUT2D eigenvalue weighted by Gasteiger charge is 2.44. The third kappa shape index (κ3) is 1.80. The Morgan fingerprint density at radius 3 is 2.54 bits per heavy atom. The summed E-state index contributed by atoms with van der Waals surface area (Å²) in [7, 11) is 0. The molecule has 5 heteroatoms. The molecule has 1 saturated heterocycles. The lowest BCUT2D eigenvalue weighted by atomic mass is 9.94. The Hall–Kier alpha value is -1.10. The number of rotatable bonds is 4. The van der Waals surface area contributed by atoms with Crippen molar-refractivity contribution in [3.63, 3.8) is 0 Å². The van der Waals surface area contributed by atoms with E-state index in [1.54, 1.807) is 0 Å². The highest BCUT2D eigenvalue weighted by molar-refractivity contribution is 6.07. The van der Waals surface area contributed by atoms with Crippen molar-refractivity contribution in [2.24, 2.45) is 0 Å². The number of aliphatic hydroxyl groups excluding tert-OH is 1. The molecule has 3 amide bonds. The van der Waals surface area contributed by atoms with Crippen LogP contribution < -0.4 is 10.6 Å². The molecular formula is C8H14N2O3. The van der Waals surface area contributed by atoms with Gasteiger partial charge in [-0.1, -0.05) is 19.8 Å². The molecule has 0 radical (unpaired) electrons. The second-order valence-corrected chi connectivity index (χ2v) is 3.25. The number of carbonyl (C=O) groups excluding carboxylic acids is 2. The van der Waals surface area contributed by atoms with Gasteiger partial charge in [0.2, 0.25) is 0 Å². The third-order valence-electron chi connectivity index (χ3n) is 2.24. The Labute approximate surface area is 76.5 Å². The van der Waals surface area contributed by atoms with E-state index in [1.165, 1.54) is 0 Å². The standard InChI is InChI=1S/C8H14N2O3/c1-2-3-4-8(5-11)6(12)9-7(13)10-8/h11H,2-5H2,1H3,(H2,9,10,12,13). The lowest BCUT2D eigenvalue weighted by molar-refractivity contribution is -0.125. The van der Waals surface area contributed by atoms with Crippen LogP contribution in [-0.4, -0.2) is 29.2 Å². The van der Waals surface area contributed by atoms with Crippen LogP contribution in [0.1, 0.15) is 26.2 Å². The molecule has 1 fully saturated rings. The van der Waals surface area contributed by atoms with Gasteiger partial charge in [0.1, 0.15) is 5.54 Å². The van der Waals surface area contributed by atoms with E-state index in [1.807, 2.05) is 6.92 Å². The molecular weight excluding hydrogens is 172 g/mol. The van der Waals surface area contributed by atoms with Crippen molar-refractivity contribution in [1.82, 2.24) is 10.6 Å². The number of imide groups is 1. The molecule has 3 N–H and O–H groups in total. The molecule has 5 nitrogen and oxygen atoms in total. The zero-order valence-corrected chi connectivity index (χ0v) is 7.59. The van der Waals surface area contributed by atoms with Gasteiger partial charge < -0.3 is 10.4 Å². The van der Waals surface area contributed by atoms with Crippen LogP contribution in [0.15, 0.2) is 0 Å². The van der Waals surface area contributed by atoms with Crippen LogP contribution in [0.25, 0.3) is 0 Å². The summed E-state index contributed by atoms with van der Waals surface area (Å²) in [5, 5.41) is 13.6. The Morgan fingerprint density at radius 2 is 2.15 bits per heavy atom. The van der Waals surface area contributed by atoms with Crippen molar-refractivity contribution in [3.05, 3.63) is 0 Å². The molecule has 1 unspecified atom stereocenters. The summed E-state index contributed by atoms with van der Waals surface area (Å²) in [4.78, 5) is 22.1. The Balaban J connectivity index is 2.68. The largest absolute Gasteiger partial charge is 0.393 e. The molecule has 0 aliphatic carbocycles. The van der Waals surface area contributed by atoms with Gasteiger partial charge in [-0.2, -0.15) is 0 Å². The van der Waals surface area contributed by atoms with E-state index < -0.39 is 17.5 Å². The number of hydrogen-bond acceptors (Lipinski definition) is 3. The average Bonchev–Trinajstić information content (AvgIpc) is 2.38. The van der Waals surface area contributed by atoms with E-state index >= 15 is 0 Å². The number of nitrogens with one attached hydrogen (secondary N) is 2. The molecule has 0 bridgehead atoms. The van der Waals surface area contributed by atoms with Gasteiger partial charge in [0.25, 0.3) is 5.91 Å². The molecule has 1 heterocycles. The van der Waals surface area contributed by atoms with Crippen molar-refractivity contribution in [2.75, 3.05) is 6.61 Å². The minimum absolute atomic E-state index is 0.343. The first-order valence-corrected chi connectivity index (χ1v) is 4.39. The fraction of sp³-hybridized carbons (Fsp3) is 0.750. The van der Waals surface area contributed by atoms with E-state index in [2.05, 4.69) is 10.6 Å². The van der Waals surface area contributed by atoms with Gasteiger partial charge in [-0.15, -0.1) is 0 Å². The smallest absolute Gasteiger partial charge is 0.322 e. The highest BCUT2D eigenvalue weighted by Crippen LogP contribution is 2.17. The molecule has 1 rings (SSSR count). The maximum Gasteiger partial charge on any atom is 0.322 e. The fourth-order valence-corrected chi connectivity index (χ4v) is 1.37. The summed E-state index contributed by atoms with van der Waals surface area (Å²) in [6.07, 6.45) is 2.21. The summed E-state index contributed by atoms with van der Waals surface area (Å²) in [6, 6.07) is -0.518. The number of carbonyl (C=O) groups is 2. The molecule has 1 aliphatic rings. The van der Waals surface area contributed by atoms with Crippen LogP contribution in [0.3, 0.4) is 0 Å². The molecule has 0 aromatic carbocycles. The third-order valence-corrected chi connectivity index (χ3v) is 2.24. The molecule has 1 atom stereocenters. The van der Waals surface area contributed by atoms with Crippen molar-refractivity contribution in [3.8, 4) is 0 Å². The van der Waals surface area contributed by atoms with Crippen molar-refractivity contribution >= 4 is 11.9 Å². The second kappa shape index (κ2) is 3.74. The molecule has 1 aliphatic heterocycles. The van der Waals surface area contributed by atoms with Crippen LogP contribution >= 0.6 is 0 Å². The number of amides is 3. The van der Waals surface area contributed by atoms with E-state index in [0.717, 1.165) is 12.8 Å². The first kappa shape index (κ1) is 9.98. The van der Waals surface area contributed by atoms with Crippen molar-refractivity contribution in [1.29, 1.82) is 0 Å². The topological polar surface area (TPSA) is 78.4 Å². The normalized spacial score (nSPS) is 27.2. The second-order valence-electron chi connectivity index (χ2n) is 3.25. The van der Waals surface area contributed by atoms with Crippen LogP contribution in [0.4, 0.5) is 4.79 Å². The first-order valence-electron chi connectivity index (χ1n) is 4.39. The van der Waals surface area contributed by atoms with E-state index in [9.17, 15) is 9.59 Å². The van der Waals surface area contributed by atoms with Crippen LogP contribution in [0.2, 0.25) is 0 Å². The quantitative estimate of drug-likeness (QED) is 0.529. The van der Waals surface area contributed by atoms with Crippen molar-refractivity contribution in [2.45, 2.75) is 31.7 Å². The Bertz CT molecular complexity index is 229. The van der Waals surface area contributed by atoms with Gasteiger partial charge in [-0.25, -0.2) is 4.79 Å². The van der Waals surface area contributed by atoms with Gasteiger partial charge in [0.05, 0.1) is 6.61 Å². The molecule has 74 valence electrons. The zero-order valence-electron chi connectivity index (χ0n) is 7.59. The molecule has 0 spiro atoms. The minimum atomic E-state index is -1.08. The number of unbranched alkanes of at least 4 members (excludes halogenated alkanes) is 1. The maximum atomic E-state index is 11.3. The van der Waals surface area contributed by atoms with Gasteiger partial charge in [-0.05, 0) is 6.42 Å². The zero-order chi connectivity index (χ0) is 9.90. The lowest BCUT2D eigenvalue weighted by Gasteiger charge is -2.22. The van der Waals surface area contributed by atoms with Gasteiger partial charge in [0.15, 0.2) is 0 Å². The number of hydrogen-bond donors (Lipinski definition) is 3. The average molecular weight is 186 g/mol. The van der Waals surface area contributed by atoms with E-state index in [4.69, 9.17) is 5.11 Å². The number of urea groups is 1. The van der Waals surface area contributed by atoms with Gasteiger partial charge >= 0.3 is 6.03 Å². The molecule has 0 aromatic rings. The SMILES string of the molecule is CCCCC1(CO)NC(=O)NC1=O. The monoisotopic (exact) mass is 186 g/mol. The summed E-state index contributed by atoms with van der Waals surface area (Å²) in [5.41, 5.74) is -1.08. The van der Waals surface area contributed by atoms with Gasteiger partial charge in [0, 0.05) is 0 Å². The van der Waals surface area contributed by atoms with E-state index in [-0.39, 0.29) is 6.61 Å². The Morgan fingerprint density at radius 1 is 1.46 bits per heavy atom. The molecule has 13 heavy (non-hydrogen) atoms. The Kier molecular flexibility index (Phi) is 2.87. The lowest BCUT2D eigenvalue weighted by Crippen LogP contribution is -2.50. The molecule has 0 saturated carbocycles. The maximum absolute atomic E-state index is 11.3. The summed E-state index contributed by atoms with van der Waals surface area (Å²) >= 11 is 0. The van der Waals surface area contributed by atoms with Crippen LogP contribution in [0, 0.1) is 0 Å². The molecule has 0 aromatic heterocycles. The summed E-state index contributed by atoms with van der Waals surface area (Å²) < 4.78 is 0. The predicted octanol–water partition coefficient (Wildman–Crippen LogP) is -0.253. The summed E-state index contributed by atoms with van der Waals surface area (Å²) in [6.45, 7) is 1.64. The minimum Gasteiger partial charge on any atom is -0.393 e. The van der Waals surface area contributed by atoms with Crippen LogP contribution in [-0.2, 0) is 4.79 Å². The first-order chi connectivity index (χ1) is 6.14. The van der Waals surface area contributed by atoms with E-state index in [0.29, 0.717) is 6.42 Å². The van der Waals surface area contributed by atoms with Crippen LogP contribution in [0.5, 0.6) is 0 Å². The van der Waals surface area contributed by atoms with Crippen molar-refractivity contribution < 1.29 is 14.7 Å². The fourth-order valence-electron chi connectivity index (χ4n) is 1.37. The van der Waals surface area contributed by atoms with Gasteiger partial charge in [-0.3, -0.25) is 10.1 Å². The predicted molar refractivity (Wildman–Crippen MR) is 46.0 cm³/mol. The summed E-state index contributed by atoms with van der Waals surface area (Å²) in [5.74, 6) is -0.423.